The summed E-state index contributed by atoms with van der Waals surface area (Å²) in [5.41, 5.74) is 5.53. The zero-order valence-electron chi connectivity index (χ0n) is 12.7. The predicted octanol–water partition coefficient (Wildman–Crippen LogP) is 5.06. The molecule has 0 spiro atoms. The Morgan fingerprint density at radius 3 is 2.52 bits per heavy atom. The molecule has 0 saturated heterocycles. The molecular formula is C16H11F3IN3OS. The van der Waals surface area contributed by atoms with Crippen molar-refractivity contribution < 1.29 is 18.0 Å². The Morgan fingerprint density at radius 1 is 1.28 bits per heavy atom. The summed E-state index contributed by atoms with van der Waals surface area (Å²) >= 11 is 2.97. The number of fused-ring (bicyclic) bond motifs is 1. The van der Waals surface area contributed by atoms with E-state index >= 15 is 0 Å². The van der Waals surface area contributed by atoms with E-state index < -0.39 is 17.6 Å². The van der Waals surface area contributed by atoms with Crippen LogP contribution in [0.2, 0.25) is 0 Å². The maximum Gasteiger partial charge on any atom is 0.417 e. The van der Waals surface area contributed by atoms with E-state index in [0.29, 0.717) is 5.69 Å². The zero-order valence-corrected chi connectivity index (χ0v) is 15.7. The van der Waals surface area contributed by atoms with Crippen molar-refractivity contribution in [3.05, 3.63) is 50.0 Å². The van der Waals surface area contributed by atoms with Gasteiger partial charge in [0, 0.05) is 20.3 Å². The molecule has 0 atom stereocenters. The van der Waals surface area contributed by atoms with E-state index in [0.717, 1.165) is 21.0 Å². The van der Waals surface area contributed by atoms with Crippen LogP contribution in [0.3, 0.4) is 0 Å². The maximum atomic E-state index is 13.3. The number of amides is 1. The average Bonchev–Trinajstić information content (AvgIpc) is 2.84. The van der Waals surface area contributed by atoms with Crippen molar-refractivity contribution in [2.45, 2.75) is 13.1 Å². The quantitative estimate of drug-likeness (QED) is 0.507. The van der Waals surface area contributed by atoms with E-state index in [4.69, 9.17) is 5.73 Å². The van der Waals surface area contributed by atoms with Crippen LogP contribution in [-0.2, 0) is 6.18 Å². The first-order chi connectivity index (χ1) is 11.7. The van der Waals surface area contributed by atoms with Gasteiger partial charge in [-0.05, 0) is 59.8 Å². The molecule has 9 heteroatoms. The fourth-order valence-corrected chi connectivity index (χ4v) is 3.78. The largest absolute Gasteiger partial charge is 0.417 e. The Morgan fingerprint density at radius 2 is 1.92 bits per heavy atom. The molecular weight excluding hydrogens is 466 g/mol. The van der Waals surface area contributed by atoms with E-state index in [1.807, 2.05) is 0 Å². The standard InChI is InChI=1S/C16H11F3IN3OS/c1-7-6-10(16(17,18)19)11-12(21)13(25-15(11)22-7)14(24)23-9-4-2-8(20)3-5-9/h2-6H,21H2,1H3,(H,23,24). The molecule has 2 aromatic heterocycles. The molecule has 4 nitrogen and oxygen atoms in total. The summed E-state index contributed by atoms with van der Waals surface area (Å²) in [4.78, 5) is 16.6. The molecule has 0 radical (unpaired) electrons. The highest BCUT2D eigenvalue weighted by Gasteiger charge is 2.35. The van der Waals surface area contributed by atoms with Gasteiger partial charge in [0.25, 0.3) is 5.91 Å². The number of aromatic nitrogens is 1. The molecule has 0 bridgehead atoms. The van der Waals surface area contributed by atoms with Gasteiger partial charge < -0.3 is 11.1 Å². The van der Waals surface area contributed by atoms with Gasteiger partial charge in [0.2, 0.25) is 0 Å². The smallest absolute Gasteiger partial charge is 0.397 e. The molecule has 3 aromatic rings. The second kappa shape index (κ2) is 6.45. The molecule has 0 aliphatic carbocycles. The third-order valence-electron chi connectivity index (χ3n) is 3.44. The highest BCUT2D eigenvalue weighted by Crippen LogP contribution is 2.42. The van der Waals surface area contributed by atoms with E-state index in [9.17, 15) is 18.0 Å². The van der Waals surface area contributed by atoms with Crippen molar-refractivity contribution in [3.8, 4) is 0 Å². The molecule has 3 N–H and O–H groups in total. The van der Waals surface area contributed by atoms with Gasteiger partial charge in [-0.3, -0.25) is 4.79 Å². The van der Waals surface area contributed by atoms with Gasteiger partial charge >= 0.3 is 6.18 Å². The number of pyridine rings is 1. The molecule has 0 unspecified atom stereocenters. The first-order valence-electron chi connectivity index (χ1n) is 7.00. The molecule has 3 rings (SSSR count). The van der Waals surface area contributed by atoms with Gasteiger partial charge in [-0.2, -0.15) is 13.2 Å². The van der Waals surface area contributed by atoms with E-state index in [-0.39, 0.29) is 26.5 Å². The first-order valence-corrected chi connectivity index (χ1v) is 8.90. The number of nitrogen functional groups attached to an aromatic ring is 1. The number of hydrogen-bond donors (Lipinski definition) is 2. The number of alkyl halides is 3. The summed E-state index contributed by atoms with van der Waals surface area (Å²) in [5, 5.41) is 2.41. The van der Waals surface area contributed by atoms with Crippen LogP contribution in [0.25, 0.3) is 10.2 Å². The Kier molecular flexibility index (Phi) is 4.62. The Hall–Kier alpha value is -1.88. The number of nitrogens with two attached hydrogens (primary N) is 1. The van der Waals surface area contributed by atoms with Crippen LogP contribution in [0.1, 0.15) is 20.9 Å². The van der Waals surface area contributed by atoms with Crippen LogP contribution in [0.4, 0.5) is 24.5 Å². The summed E-state index contributed by atoms with van der Waals surface area (Å²) in [6.45, 7) is 1.47. The van der Waals surface area contributed by atoms with Crippen LogP contribution in [0.5, 0.6) is 0 Å². The van der Waals surface area contributed by atoms with Crippen LogP contribution in [0, 0.1) is 10.5 Å². The Bertz CT molecular complexity index is 967. The Balaban J connectivity index is 2.07. The lowest BCUT2D eigenvalue weighted by Gasteiger charge is -2.09. The molecule has 1 amide bonds. The summed E-state index contributed by atoms with van der Waals surface area (Å²) in [5.74, 6) is -0.563. The number of anilines is 2. The van der Waals surface area contributed by atoms with E-state index in [2.05, 4.69) is 32.9 Å². The maximum absolute atomic E-state index is 13.3. The van der Waals surface area contributed by atoms with Gasteiger partial charge in [-0.25, -0.2) is 4.98 Å². The van der Waals surface area contributed by atoms with E-state index in [1.54, 1.807) is 24.3 Å². The third kappa shape index (κ3) is 3.56. The first kappa shape index (κ1) is 17.9. The van der Waals surface area contributed by atoms with E-state index in [1.165, 1.54) is 6.92 Å². The van der Waals surface area contributed by atoms with Crippen molar-refractivity contribution in [3.63, 3.8) is 0 Å². The molecule has 130 valence electrons. The molecule has 0 fully saturated rings. The second-order valence-corrected chi connectivity index (χ2v) is 7.54. The van der Waals surface area contributed by atoms with Crippen molar-refractivity contribution in [2.24, 2.45) is 0 Å². The third-order valence-corrected chi connectivity index (χ3v) is 5.26. The molecule has 0 saturated carbocycles. The number of aryl methyl sites for hydroxylation is 1. The fourth-order valence-electron chi connectivity index (χ4n) is 2.36. The number of carbonyl (C=O) groups is 1. The van der Waals surface area contributed by atoms with Crippen LogP contribution in [0.15, 0.2) is 30.3 Å². The SMILES string of the molecule is Cc1cc(C(F)(F)F)c2c(N)c(C(=O)Nc3ccc(I)cc3)sc2n1. The van der Waals surface area contributed by atoms with Gasteiger partial charge in [-0.15, -0.1) is 11.3 Å². The van der Waals surface area contributed by atoms with Crippen molar-refractivity contribution >= 4 is 61.4 Å². The summed E-state index contributed by atoms with van der Waals surface area (Å²) in [6.07, 6.45) is -4.58. The fraction of sp³-hybridized carbons (Fsp3) is 0.125. The lowest BCUT2D eigenvalue weighted by Crippen LogP contribution is -2.12. The summed E-state index contributed by atoms with van der Waals surface area (Å²) in [7, 11) is 0. The highest BCUT2D eigenvalue weighted by atomic mass is 127. The number of nitrogens with one attached hydrogen (secondary N) is 1. The van der Waals surface area contributed by atoms with Crippen molar-refractivity contribution in [2.75, 3.05) is 11.1 Å². The number of hydrogen-bond acceptors (Lipinski definition) is 4. The normalized spacial score (nSPS) is 11.7. The van der Waals surface area contributed by atoms with Crippen molar-refractivity contribution in [1.29, 1.82) is 0 Å². The van der Waals surface area contributed by atoms with Crippen molar-refractivity contribution in [1.82, 2.24) is 4.98 Å². The number of rotatable bonds is 2. The number of carbonyl (C=O) groups excluding carboxylic acids is 1. The minimum Gasteiger partial charge on any atom is -0.397 e. The predicted molar refractivity (Wildman–Crippen MR) is 101 cm³/mol. The van der Waals surface area contributed by atoms with Gasteiger partial charge in [0.1, 0.15) is 9.71 Å². The van der Waals surface area contributed by atoms with Gasteiger partial charge in [0.05, 0.1) is 11.3 Å². The lowest BCUT2D eigenvalue weighted by atomic mass is 10.1. The molecule has 0 aliphatic rings. The highest BCUT2D eigenvalue weighted by molar-refractivity contribution is 14.1. The number of benzene rings is 1. The number of halogens is 4. The average molecular weight is 477 g/mol. The number of thiophene rings is 1. The molecule has 0 aliphatic heterocycles. The Labute approximate surface area is 158 Å². The molecule has 2 heterocycles. The van der Waals surface area contributed by atoms with Gasteiger partial charge in [-0.1, -0.05) is 0 Å². The molecule has 25 heavy (non-hydrogen) atoms. The topological polar surface area (TPSA) is 68.0 Å². The monoisotopic (exact) mass is 477 g/mol. The van der Waals surface area contributed by atoms with Gasteiger partial charge in [0.15, 0.2) is 0 Å². The summed E-state index contributed by atoms with van der Waals surface area (Å²) in [6, 6.07) is 7.94. The van der Waals surface area contributed by atoms with Crippen LogP contribution in [-0.4, -0.2) is 10.9 Å². The van der Waals surface area contributed by atoms with Crippen LogP contribution >= 0.6 is 33.9 Å². The minimum absolute atomic E-state index is 0.0112. The number of nitrogens with zero attached hydrogens (tertiary/aromatic N) is 1. The van der Waals surface area contributed by atoms with Crippen LogP contribution < -0.4 is 11.1 Å². The second-order valence-electron chi connectivity index (χ2n) is 5.29. The lowest BCUT2D eigenvalue weighted by molar-refractivity contribution is -0.136. The summed E-state index contributed by atoms with van der Waals surface area (Å²) < 4.78 is 40.9. The zero-order chi connectivity index (χ0) is 18.4. The molecule has 1 aromatic carbocycles. The minimum atomic E-state index is -4.58.